The Morgan fingerprint density at radius 1 is 1.00 bits per heavy atom. The number of thioether (sulfide) groups is 1. The minimum Gasteiger partial charge on any atom is -0.268 e. The zero-order valence-electron chi connectivity index (χ0n) is 15.3. The molecule has 0 atom stereocenters. The number of carbonyl (C=O) groups is 2. The van der Waals surface area contributed by atoms with E-state index in [-0.39, 0.29) is 23.1 Å². The maximum atomic E-state index is 12.7. The lowest BCUT2D eigenvalue weighted by Crippen LogP contribution is -2.27. The highest BCUT2D eigenvalue weighted by atomic mass is 79.9. The van der Waals surface area contributed by atoms with Crippen molar-refractivity contribution in [2.24, 2.45) is 0 Å². The smallest absolute Gasteiger partial charge is 0.268 e. The highest BCUT2D eigenvalue weighted by Crippen LogP contribution is 2.34. The molecule has 2 aromatic carbocycles. The fourth-order valence-electron chi connectivity index (χ4n) is 2.74. The van der Waals surface area contributed by atoms with E-state index in [1.165, 1.54) is 10.5 Å². The summed E-state index contributed by atoms with van der Waals surface area (Å²) in [6.07, 6.45) is 1.75. The number of nitrogens with zero attached hydrogens (tertiary/aromatic N) is 1. The van der Waals surface area contributed by atoms with Crippen LogP contribution in [0.5, 0.6) is 0 Å². The second-order valence-electron chi connectivity index (χ2n) is 7.42. The van der Waals surface area contributed by atoms with Crippen molar-refractivity contribution in [2.45, 2.75) is 32.7 Å². The van der Waals surface area contributed by atoms with E-state index in [9.17, 15) is 9.59 Å². The van der Waals surface area contributed by atoms with Crippen molar-refractivity contribution in [1.29, 1.82) is 0 Å². The number of hydrogen-bond donors (Lipinski definition) is 0. The van der Waals surface area contributed by atoms with E-state index in [1.807, 2.05) is 30.3 Å². The molecule has 27 heavy (non-hydrogen) atoms. The summed E-state index contributed by atoms with van der Waals surface area (Å²) in [6, 6.07) is 13.8. The summed E-state index contributed by atoms with van der Waals surface area (Å²) in [7, 11) is 0. The van der Waals surface area contributed by atoms with Crippen LogP contribution in [0, 0.1) is 0 Å². The zero-order chi connectivity index (χ0) is 19.8. The first-order valence-corrected chi connectivity index (χ1v) is 10.8. The summed E-state index contributed by atoms with van der Waals surface area (Å²) >= 11 is 7.86. The number of rotatable bonds is 3. The van der Waals surface area contributed by atoms with E-state index in [1.54, 1.807) is 6.08 Å². The van der Waals surface area contributed by atoms with Crippen LogP contribution in [-0.2, 0) is 16.8 Å². The molecular weight excluding hydrogens is 490 g/mol. The van der Waals surface area contributed by atoms with Crippen LogP contribution in [0.15, 0.2) is 56.3 Å². The van der Waals surface area contributed by atoms with Crippen LogP contribution in [0.25, 0.3) is 6.08 Å². The maximum Gasteiger partial charge on any atom is 0.293 e. The Hall–Kier alpha value is -1.37. The highest BCUT2D eigenvalue weighted by molar-refractivity contribution is 9.11. The van der Waals surface area contributed by atoms with E-state index in [4.69, 9.17) is 0 Å². The van der Waals surface area contributed by atoms with Crippen LogP contribution in [-0.4, -0.2) is 16.0 Å². The van der Waals surface area contributed by atoms with Gasteiger partial charge in [-0.25, -0.2) is 0 Å². The number of imide groups is 1. The third kappa shape index (κ3) is 4.92. The topological polar surface area (TPSA) is 37.4 Å². The summed E-state index contributed by atoms with van der Waals surface area (Å²) in [4.78, 5) is 26.8. The molecular formula is C21H19Br2NO2S. The molecule has 0 bridgehead atoms. The molecule has 1 fully saturated rings. The molecule has 1 saturated heterocycles. The first kappa shape index (κ1) is 20.4. The van der Waals surface area contributed by atoms with E-state index < -0.39 is 0 Å². The highest BCUT2D eigenvalue weighted by Gasteiger charge is 2.35. The lowest BCUT2D eigenvalue weighted by Gasteiger charge is -2.20. The molecule has 0 spiro atoms. The van der Waals surface area contributed by atoms with Crippen molar-refractivity contribution in [3.63, 3.8) is 0 Å². The molecule has 140 valence electrons. The third-order valence-corrected chi connectivity index (χ3v) is 6.04. The Labute approximate surface area is 180 Å². The summed E-state index contributed by atoms with van der Waals surface area (Å²) < 4.78 is 1.81. The lowest BCUT2D eigenvalue weighted by molar-refractivity contribution is -0.123. The van der Waals surface area contributed by atoms with Gasteiger partial charge in [-0.2, -0.15) is 0 Å². The van der Waals surface area contributed by atoms with Gasteiger partial charge in [0.05, 0.1) is 11.4 Å². The second-order valence-corrected chi connectivity index (χ2v) is 10.2. The van der Waals surface area contributed by atoms with E-state index >= 15 is 0 Å². The Morgan fingerprint density at radius 2 is 1.59 bits per heavy atom. The van der Waals surface area contributed by atoms with E-state index in [2.05, 4.69) is 64.8 Å². The maximum absolute atomic E-state index is 12.7. The molecule has 0 unspecified atom stereocenters. The molecule has 0 saturated carbocycles. The molecule has 0 aliphatic carbocycles. The van der Waals surface area contributed by atoms with Crippen LogP contribution >= 0.6 is 43.6 Å². The van der Waals surface area contributed by atoms with Gasteiger partial charge in [0, 0.05) is 8.95 Å². The van der Waals surface area contributed by atoms with Crippen LogP contribution in [0.4, 0.5) is 4.79 Å². The molecule has 0 radical (unpaired) electrons. The molecule has 1 aliphatic rings. The first-order valence-electron chi connectivity index (χ1n) is 8.44. The van der Waals surface area contributed by atoms with Crippen molar-refractivity contribution < 1.29 is 9.59 Å². The molecule has 2 aromatic rings. The summed E-state index contributed by atoms with van der Waals surface area (Å²) in [5.41, 5.74) is 3.09. The molecule has 3 nitrogen and oxygen atoms in total. The van der Waals surface area contributed by atoms with Gasteiger partial charge < -0.3 is 0 Å². The van der Waals surface area contributed by atoms with Gasteiger partial charge in [0.25, 0.3) is 11.1 Å². The number of benzene rings is 2. The van der Waals surface area contributed by atoms with Gasteiger partial charge >= 0.3 is 0 Å². The Kier molecular flexibility index (Phi) is 5.99. The second kappa shape index (κ2) is 7.94. The molecule has 0 N–H and O–H groups in total. The average molecular weight is 509 g/mol. The number of carbonyl (C=O) groups excluding carboxylic acids is 2. The molecule has 1 aliphatic heterocycles. The van der Waals surface area contributed by atoms with E-state index in [0.717, 1.165) is 31.8 Å². The van der Waals surface area contributed by atoms with Gasteiger partial charge in [-0.3, -0.25) is 14.5 Å². The first-order chi connectivity index (χ1) is 12.6. The van der Waals surface area contributed by atoms with Gasteiger partial charge in [-0.15, -0.1) is 0 Å². The van der Waals surface area contributed by atoms with Crippen molar-refractivity contribution >= 4 is 60.8 Å². The normalized spacial score (nSPS) is 16.5. The molecule has 1 heterocycles. The quantitative estimate of drug-likeness (QED) is 0.430. The Bertz CT molecular complexity index is 910. The number of hydrogen-bond acceptors (Lipinski definition) is 3. The van der Waals surface area contributed by atoms with Crippen LogP contribution < -0.4 is 0 Å². The zero-order valence-corrected chi connectivity index (χ0v) is 19.2. The van der Waals surface area contributed by atoms with Crippen LogP contribution in [0.1, 0.15) is 37.5 Å². The summed E-state index contributed by atoms with van der Waals surface area (Å²) in [5, 5.41) is -0.236. The predicted molar refractivity (Wildman–Crippen MR) is 118 cm³/mol. The lowest BCUT2D eigenvalue weighted by atomic mass is 9.87. The largest absolute Gasteiger partial charge is 0.293 e. The Morgan fingerprint density at radius 3 is 2.15 bits per heavy atom. The van der Waals surface area contributed by atoms with Crippen LogP contribution in [0.2, 0.25) is 0 Å². The van der Waals surface area contributed by atoms with Gasteiger partial charge in [0.1, 0.15) is 0 Å². The van der Waals surface area contributed by atoms with Crippen LogP contribution in [0.3, 0.4) is 0 Å². The molecule has 0 aromatic heterocycles. The Balaban J connectivity index is 1.79. The average Bonchev–Trinajstić information content (AvgIpc) is 2.81. The molecule has 2 amide bonds. The third-order valence-electron chi connectivity index (χ3n) is 4.22. The SMILES string of the molecule is CC(C)(C)c1ccc(CN2C(=O)SC(=Cc3cc(Br)cc(Br)c3)C2=O)cc1. The van der Waals surface area contributed by atoms with Crippen molar-refractivity contribution in [2.75, 3.05) is 0 Å². The minimum absolute atomic E-state index is 0.0712. The fraction of sp³-hybridized carbons (Fsp3) is 0.238. The van der Waals surface area contributed by atoms with Gasteiger partial charge in [0.15, 0.2) is 0 Å². The summed E-state index contributed by atoms with van der Waals surface area (Å²) in [6.45, 7) is 6.76. The monoisotopic (exact) mass is 507 g/mol. The number of amides is 2. The standard InChI is InChI=1S/C21H19Br2NO2S/c1-21(2,3)15-6-4-13(5-7-15)12-24-19(25)18(27-20(24)26)10-14-8-16(22)11-17(23)9-14/h4-11H,12H2,1-3H3. The van der Waals surface area contributed by atoms with Gasteiger partial charge in [0.2, 0.25) is 0 Å². The van der Waals surface area contributed by atoms with Crippen molar-refractivity contribution in [3.05, 3.63) is 73.0 Å². The summed E-state index contributed by atoms with van der Waals surface area (Å²) in [5.74, 6) is -0.249. The van der Waals surface area contributed by atoms with Crippen molar-refractivity contribution in [1.82, 2.24) is 4.90 Å². The number of halogens is 2. The molecule has 6 heteroatoms. The van der Waals surface area contributed by atoms with Gasteiger partial charge in [-0.1, -0.05) is 76.9 Å². The van der Waals surface area contributed by atoms with Crippen molar-refractivity contribution in [3.8, 4) is 0 Å². The fourth-order valence-corrected chi connectivity index (χ4v) is 4.91. The predicted octanol–water partition coefficient (Wildman–Crippen LogP) is 6.75. The molecule has 3 rings (SSSR count). The minimum atomic E-state index is -0.249. The van der Waals surface area contributed by atoms with E-state index in [0.29, 0.717) is 4.91 Å². The van der Waals surface area contributed by atoms with Gasteiger partial charge in [-0.05, 0) is 58.1 Å².